The van der Waals surface area contributed by atoms with Gasteiger partial charge in [0.05, 0.1) is 24.4 Å². The van der Waals surface area contributed by atoms with Crippen LogP contribution in [0.4, 0.5) is 5.69 Å². The molecular formula is C15H19N5O2. The van der Waals surface area contributed by atoms with Gasteiger partial charge in [0.25, 0.3) is 0 Å². The second kappa shape index (κ2) is 6.25. The predicted octanol–water partition coefficient (Wildman–Crippen LogP) is 3.71. The molecule has 0 aliphatic heterocycles. The highest BCUT2D eigenvalue weighted by molar-refractivity contribution is 5.84. The fourth-order valence-corrected chi connectivity index (χ4v) is 3.13. The summed E-state index contributed by atoms with van der Waals surface area (Å²) in [6.45, 7) is 0.278. The van der Waals surface area contributed by atoms with Crippen molar-refractivity contribution in [1.29, 1.82) is 0 Å². The molecule has 0 saturated heterocycles. The minimum atomic E-state index is 0.278. The number of aliphatic hydroxyl groups excluding tert-OH is 1. The number of azide groups is 1. The molecule has 1 N–H and O–H groups in total. The van der Waals surface area contributed by atoms with Gasteiger partial charge in [0.1, 0.15) is 5.75 Å². The number of aromatic nitrogens is 2. The molecule has 22 heavy (non-hydrogen) atoms. The molecule has 7 heteroatoms. The quantitative estimate of drug-likeness (QED) is 0.529. The second-order valence-corrected chi connectivity index (χ2v) is 5.74. The zero-order valence-corrected chi connectivity index (χ0v) is 12.5. The Kier molecular flexibility index (Phi) is 4.18. The van der Waals surface area contributed by atoms with Crippen molar-refractivity contribution in [3.63, 3.8) is 0 Å². The van der Waals surface area contributed by atoms with Gasteiger partial charge in [-0.25, -0.2) is 0 Å². The van der Waals surface area contributed by atoms with Gasteiger partial charge < -0.3 is 9.84 Å². The van der Waals surface area contributed by atoms with Crippen LogP contribution in [0.1, 0.15) is 31.7 Å². The summed E-state index contributed by atoms with van der Waals surface area (Å²) in [5, 5.41) is 18.5. The Hall–Kier alpha value is -2.24. The van der Waals surface area contributed by atoms with E-state index in [0.29, 0.717) is 23.4 Å². The van der Waals surface area contributed by atoms with Gasteiger partial charge in [0, 0.05) is 29.2 Å². The second-order valence-electron chi connectivity index (χ2n) is 5.74. The van der Waals surface area contributed by atoms with Crippen LogP contribution in [0.15, 0.2) is 23.4 Å². The average molecular weight is 301 g/mol. The van der Waals surface area contributed by atoms with E-state index in [0.717, 1.165) is 36.6 Å². The zero-order valence-electron chi connectivity index (χ0n) is 12.5. The molecule has 1 aromatic heterocycles. The average Bonchev–Trinajstić information content (AvgIpc) is 2.97. The number of nitrogens with zero attached hydrogens (tertiary/aromatic N) is 5. The van der Waals surface area contributed by atoms with E-state index in [2.05, 4.69) is 15.1 Å². The summed E-state index contributed by atoms with van der Waals surface area (Å²) < 4.78 is 7.25. The fourth-order valence-electron chi connectivity index (χ4n) is 3.13. The highest BCUT2D eigenvalue weighted by Crippen LogP contribution is 2.35. The first-order valence-electron chi connectivity index (χ1n) is 7.48. The monoisotopic (exact) mass is 301 g/mol. The summed E-state index contributed by atoms with van der Waals surface area (Å²) in [4.78, 5) is 2.83. The largest absolute Gasteiger partial charge is 0.496 e. The van der Waals surface area contributed by atoms with Crippen molar-refractivity contribution in [2.75, 3.05) is 13.7 Å². The summed E-state index contributed by atoms with van der Waals surface area (Å²) in [5.74, 6) is 0.956. The summed E-state index contributed by atoms with van der Waals surface area (Å²) in [7, 11) is 1.55. The van der Waals surface area contributed by atoms with E-state index in [4.69, 9.17) is 10.3 Å². The van der Waals surface area contributed by atoms with Crippen molar-refractivity contribution < 1.29 is 9.84 Å². The number of methoxy groups -OCH3 is 1. The van der Waals surface area contributed by atoms with Crippen molar-refractivity contribution in [3.05, 3.63) is 28.8 Å². The van der Waals surface area contributed by atoms with Crippen LogP contribution in [0, 0.1) is 5.92 Å². The number of hydrogen-bond acceptors (Lipinski definition) is 4. The van der Waals surface area contributed by atoms with Crippen LogP contribution in [0.25, 0.3) is 21.3 Å². The van der Waals surface area contributed by atoms with Crippen molar-refractivity contribution in [2.45, 2.75) is 31.7 Å². The van der Waals surface area contributed by atoms with E-state index >= 15 is 0 Å². The van der Waals surface area contributed by atoms with Gasteiger partial charge in [-0.15, -0.1) is 0 Å². The van der Waals surface area contributed by atoms with Crippen molar-refractivity contribution in [3.8, 4) is 5.75 Å². The standard InChI is InChI=1S/C15H19N5O2/c1-22-15-7-13-11(6-14(15)17-19-16)8-20(18-13)12-4-2-10(9-21)3-5-12/h6-8,10,12,21H,2-5,9H2,1H3/t10-,12-. The summed E-state index contributed by atoms with van der Waals surface area (Å²) in [6, 6.07) is 3.97. The maximum Gasteiger partial charge on any atom is 0.130 e. The Morgan fingerprint density at radius 2 is 2.18 bits per heavy atom. The molecule has 1 aliphatic carbocycles. The van der Waals surface area contributed by atoms with E-state index in [1.165, 1.54) is 0 Å². The lowest BCUT2D eigenvalue weighted by molar-refractivity contribution is 0.165. The molecule has 1 aromatic carbocycles. The van der Waals surface area contributed by atoms with Gasteiger partial charge in [-0.1, -0.05) is 5.11 Å². The van der Waals surface area contributed by atoms with Gasteiger partial charge in [0.2, 0.25) is 0 Å². The number of fused-ring (bicyclic) bond motifs is 1. The van der Waals surface area contributed by atoms with Gasteiger partial charge >= 0.3 is 0 Å². The third-order valence-electron chi connectivity index (χ3n) is 4.42. The normalized spacial score (nSPS) is 21.5. The van der Waals surface area contributed by atoms with Crippen molar-refractivity contribution in [2.24, 2.45) is 11.0 Å². The molecule has 0 spiro atoms. The molecule has 0 radical (unpaired) electrons. The van der Waals surface area contributed by atoms with Crippen LogP contribution in [-0.4, -0.2) is 28.6 Å². The van der Waals surface area contributed by atoms with Gasteiger partial charge in [-0.3, -0.25) is 4.68 Å². The molecule has 1 aliphatic rings. The SMILES string of the molecule is COc1cc2nn([C@H]3CC[C@H](CO)CC3)cc2cc1N=[N+]=[N-]. The molecule has 1 saturated carbocycles. The zero-order chi connectivity index (χ0) is 15.5. The van der Waals surface area contributed by atoms with Crippen LogP contribution >= 0.6 is 0 Å². The molecule has 3 rings (SSSR count). The molecular weight excluding hydrogens is 282 g/mol. The van der Waals surface area contributed by atoms with Crippen LogP contribution in [0.5, 0.6) is 5.75 Å². The first-order valence-corrected chi connectivity index (χ1v) is 7.48. The first-order chi connectivity index (χ1) is 10.7. The van der Waals surface area contributed by atoms with Gasteiger partial charge in [-0.05, 0) is 43.2 Å². The lowest BCUT2D eigenvalue weighted by Gasteiger charge is -2.27. The van der Waals surface area contributed by atoms with Crippen LogP contribution in [0.3, 0.4) is 0 Å². The Morgan fingerprint density at radius 1 is 1.41 bits per heavy atom. The third-order valence-corrected chi connectivity index (χ3v) is 4.42. The predicted molar refractivity (Wildman–Crippen MR) is 83.2 cm³/mol. The molecule has 7 nitrogen and oxygen atoms in total. The van der Waals surface area contributed by atoms with E-state index in [1.54, 1.807) is 19.2 Å². The number of benzene rings is 1. The first kappa shape index (κ1) is 14.7. The van der Waals surface area contributed by atoms with Crippen molar-refractivity contribution in [1.82, 2.24) is 9.78 Å². The fraction of sp³-hybridized carbons (Fsp3) is 0.533. The number of rotatable bonds is 4. The van der Waals surface area contributed by atoms with E-state index in [9.17, 15) is 5.11 Å². The molecule has 0 atom stereocenters. The Bertz CT molecular complexity index is 712. The molecule has 1 heterocycles. The molecule has 0 unspecified atom stereocenters. The highest BCUT2D eigenvalue weighted by atomic mass is 16.5. The summed E-state index contributed by atoms with van der Waals surface area (Å²) in [6.07, 6.45) is 6.11. The highest BCUT2D eigenvalue weighted by Gasteiger charge is 2.22. The minimum absolute atomic E-state index is 0.278. The molecule has 0 bridgehead atoms. The Labute approximate surface area is 128 Å². The van der Waals surface area contributed by atoms with Gasteiger partial charge in [-0.2, -0.15) is 5.10 Å². The Morgan fingerprint density at radius 3 is 2.82 bits per heavy atom. The van der Waals surface area contributed by atoms with Crippen LogP contribution in [-0.2, 0) is 0 Å². The van der Waals surface area contributed by atoms with E-state index in [-0.39, 0.29) is 6.61 Å². The maximum atomic E-state index is 9.22. The maximum absolute atomic E-state index is 9.22. The van der Waals surface area contributed by atoms with E-state index < -0.39 is 0 Å². The summed E-state index contributed by atoms with van der Waals surface area (Å²) >= 11 is 0. The topological polar surface area (TPSA) is 96.0 Å². The number of hydrogen-bond donors (Lipinski definition) is 1. The lowest BCUT2D eigenvalue weighted by Crippen LogP contribution is -2.20. The lowest BCUT2D eigenvalue weighted by atomic mass is 9.87. The van der Waals surface area contributed by atoms with Crippen LogP contribution < -0.4 is 4.74 Å². The Balaban J connectivity index is 1.91. The molecule has 1 fully saturated rings. The van der Waals surface area contributed by atoms with Gasteiger partial charge in [0.15, 0.2) is 0 Å². The number of aliphatic hydroxyl groups is 1. The van der Waals surface area contributed by atoms with E-state index in [1.807, 2.05) is 10.9 Å². The van der Waals surface area contributed by atoms with Crippen LogP contribution in [0.2, 0.25) is 0 Å². The molecule has 116 valence electrons. The third kappa shape index (κ3) is 2.73. The smallest absolute Gasteiger partial charge is 0.130 e. The molecule has 0 amide bonds. The molecule has 2 aromatic rings. The summed E-state index contributed by atoms with van der Waals surface area (Å²) in [5.41, 5.74) is 9.94. The van der Waals surface area contributed by atoms with Crippen molar-refractivity contribution >= 4 is 16.6 Å². The number of ether oxygens (including phenoxy) is 1. The minimum Gasteiger partial charge on any atom is -0.496 e.